The molecule has 0 radical (unpaired) electrons. The van der Waals surface area contributed by atoms with Gasteiger partial charge in [0.25, 0.3) is 0 Å². The SMILES string of the molecule is CCCn1ccc2cc(Br)ccc21. The molecule has 0 atom stereocenters. The molecule has 2 rings (SSSR count). The first-order chi connectivity index (χ1) is 6.31. The van der Waals surface area contributed by atoms with Gasteiger partial charge in [0.2, 0.25) is 0 Å². The highest BCUT2D eigenvalue weighted by Crippen LogP contribution is 2.20. The lowest BCUT2D eigenvalue weighted by Crippen LogP contribution is -1.93. The molecule has 1 aromatic carbocycles. The lowest BCUT2D eigenvalue weighted by molar-refractivity contribution is 0.703. The number of hydrogen-bond acceptors (Lipinski definition) is 0. The Bertz CT molecular complexity index is 417. The summed E-state index contributed by atoms with van der Waals surface area (Å²) in [6.45, 7) is 3.30. The van der Waals surface area contributed by atoms with Gasteiger partial charge in [-0.25, -0.2) is 0 Å². The fraction of sp³-hybridized carbons (Fsp3) is 0.273. The number of benzene rings is 1. The minimum absolute atomic E-state index is 1.10. The molecule has 0 aliphatic heterocycles. The maximum absolute atomic E-state index is 3.47. The zero-order chi connectivity index (χ0) is 9.26. The van der Waals surface area contributed by atoms with Crippen molar-refractivity contribution in [3.05, 3.63) is 34.9 Å². The Morgan fingerprint density at radius 1 is 1.31 bits per heavy atom. The Kier molecular flexibility index (Phi) is 2.40. The topological polar surface area (TPSA) is 4.93 Å². The predicted molar refractivity (Wildman–Crippen MR) is 59.9 cm³/mol. The van der Waals surface area contributed by atoms with Gasteiger partial charge in [-0.3, -0.25) is 0 Å². The lowest BCUT2D eigenvalue weighted by atomic mass is 10.2. The number of halogens is 1. The summed E-state index contributed by atoms with van der Waals surface area (Å²) in [5.41, 5.74) is 1.32. The van der Waals surface area contributed by atoms with E-state index < -0.39 is 0 Å². The molecule has 2 aromatic rings. The van der Waals surface area contributed by atoms with E-state index in [-0.39, 0.29) is 0 Å². The van der Waals surface area contributed by atoms with Crippen LogP contribution in [0.15, 0.2) is 34.9 Å². The Morgan fingerprint density at radius 2 is 2.15 bits per heavy atom. The number of fused-ring (bicyclic) bond motifs is 1. The molecule has 1 heterocycles. The smallest absolute Gasteiger partial charge is 0.0481 e. The maximum atomic E-state index is 3.47. The van der Waals surface area contributed by atoms with Crippen molar-refractivity contribution in [3.8, 4) is 0 Å². The summed E-state index contributed by atoms with van der Waals surface area (Å²) in [6.07, 6.45) is 3.33. The monoisotopic (exact) mass is 237 g/mol. The Morgan fingerprint density at radius 3 is 2.92 bits per heavy atom. The van der Waals surface area contributed by atoms with Crippen molar-refractivity contribution in [1.29, 1.82) is 0 Å². The summed E-state index contributed by atoms with van der Waals surface area (Å²) < 4.78 is 3.44. The van der Waals surface area contributed by atoms with Crippen LogP contribution < -0.4 is 0 Å². The van der Waals surface area contributed by atoms with Gasteiger partial charge in [0.1, 0.15) is 0 Å². The molecule has 68 valence electrons. The first-order valence-electron chi connectivity index (χ1n) is 4.55. The maximum Gasteiger partial charge on any atom is 0.0481 e. The molecule has 0 aliphatic carbocycles. The average molecular weight is 238 g/mol. The zero-order valence-electron chi connectivity index (χ0n) is 7.63. The summed E-state index contributed by atoms with van der Waals surface area (Å²) in [4.78, 5) is 0. The van der Waals surface area contributed by atoms with Gasteiger partial charge in [0, 0.05) is 28.1 Å². The molecule has 0 spiro atoms. The van der Waals surface area contributed by atoms with Crippen LogP contribution in [-0.4, -0.2) is 4.57 Å². The van der Waals surface area contributed by atoms with Gasteiger partial charge >= 0.3 is 0 Å². The van der Waals surface area contributed by atoms with Crippen LogP contribution in [0.3, 0.4) is 0 Å². The van der Waals surface area contributed by atoms with Crippen molar-refractivity contribution in [3.63, 3.8) is 0 Å². The molecule has 0 aliphatic rings. The summed E-state index contributed by atoms with van der Waals surface area (Å²) in [7, 11) is 0. The van der Waals surface area contributed by atoms with Gasteiger partial charge in [-0.1, -0.05) is 22.9 Å². The molecular weight excluding hydrogens is 226 g/mol. The standard InChI is InChI=1S/C11H12BrN/c1-2-6-13-7-5-9-8-10(12)3-4-11(9)13/h3-5,7-8H,2,6H2,1H3. The quantitative estimate of drug-likeness (QED) is 0.749. The minimum Gasteiger partial charge on any atom is -0.347 e. The third-order valence-electron chi connectivity index (χ3n) is 2.20. The van der Waals surface area contributed by atoms with Gasteiger partial charge in [-0.05, 0) is 30.7 Å². The van der Waals surface area contributed by atoms with E-state index in [1.54, 1.807) is 0 Å². The molecule has 0 saturated heterocycles. The van der Waals surface area contributed by atoms with Crippen molar-refractivity contribution in [2.75, 3.05) is 0 Å². The highest BCUT2D eigenvalue weighted by Gasteiger charge is 1.99. The third kappa shape index (κ3) is 1.63. The third-order valence-corrected chi connectivity index (χ3v) is 2.69. The van der Waals surface area contributed by atoms with E-state index in [4.69, 9.17) is 0 Å². The lowest BCUT2D eigenvalue weighted by Gasteiger charge is -2.02. The summed E-state index contributed by atoms with van der Waals surface area (Å²) >= 11 is 3.47. The molecule has 0 unspecified atom stereocenters. The van der Waals surface area contributed by atoms with E-state index in [0.717, 1.165) is 11.0 Å². The molecule has 0 N–H and O–H groups in total. The molecule has 0 amide bonds. The van der Waals surface area contributed by atoms with Crippen LogP contribution in [0.4, 0.5) is 0 Å². The fourth-order valence-electron chi connectivity index (χ4n) is 1.61. The molecule has 0 bridgehead atoms. The molecule has 0 fully saturated rings. The first-order valence-corrected chi connectivity index (χ1v) is 5.35. The van der Waals surface area contributed by atoms with E-state index in [1.165, 1.54) is 17.3 Å². The van der Waals surface area contributed by atoms with E-state index in [2.05, 4.69) is 57.9 Å². The normalized spacial score (nSPS) is 10.9. The van der Waals surface area contributed by atoms with Crippen LogP contribution in [0.25, 0.3) is 10.9 Å². The summed E-state index contributed by atoms with van der Waals surface area (Å²) in [6, 6.07) is 8.57. The van der Waals surface area contributed by atoms with E-state index in [0.29, 0.717) is 0 Å². The van der Waals surface area contributed by atoms with Crippen LogP contribution in [0.1, 0.15) is 13.3 Å². The molecule has 2 heteroatoms. The van der Waals surface area contributed by atoms with Crippen LogP contribution in [-0.2, 0) is 6.54 Å². The van der Waals surface area contributed by atoms with Gasteiger partial charge in [-0.15, -0.1) is 0 Å². The van der Waals surface area contributed by atoms with Crippen LogP contribution >= 0.6 is 15.9 Å². The zero-order valence-corrected chi connectivity index (χ0v) is 9.21. The first kappa shape index (κ1) is 8.82. The number of aryl methyl sites for hydroxylation is 1. The van der Waals surface area contributed by atoms with Crippen molar-refractivity contribution in [2.24, 2.45) is 0 Å². The number of aromatic nitrogens is 1. The Labute approximate surface area is 86.5 Å². The minimum atomic E-state index is 1.10. The number of hydrogen-bond donors (Lipinski definition) is 0. The van der Waals surface area contributed by atoms with Crippen molar-refractivity contribution < 1.29 is 0 Å². The molecular formula is C11H12BrN. The van der Waals surface area contributed by atoms with Crippen LogP contribution in [0.2, 0.25) is 0 Å². The average Bonchev–Trinajstić information content (AvgIpc) is 2.49. The van der Waals surface area contributed by atoms with Crippen molar-refractivity contribution in [1.82, 2.24) is 4.57 Å². The van der Waals surface area contributed by atoms with Gasteiger partial charge in [-0.2, -0.15) is 0 Å². The largest absolute Gasteiger partial charge is 0.347 e. The fourth-order valence-corrected chi connectivity index (χ4v) is 1.99. The van der Waals surface area contributed by atoms with Crippen LogP contribution in [0.5, 0.6) is 0 Å². The number of nitrogens with zero attached hydrogens (tertiary/aromatic N) is 1. The molecule has 13 heavy (non-hydrogen) atoms. The van der Waals surface area contributed by atoms with E-state index in [9.17, 15) is 0 Å². The van der Waals surface area contributed by atoms with Gasteiger partial charge < -0.3 is 4.57 Å². The van der Waals surface area contributed by atoms with Crippen LogP contribution in [0, 0.1) is 0 Å². The Balaban J connectivity index is 2.55. The van der Waals surface area contributed by atoms with E-state index >= 15 is 0 Å². The van der Waals surface area contributed by atoms with Crippen molar-refractivity contribution >= 4 is 26.8 Å². The van der Waals surface area contributed by atoms with Gasteiger partial charge in [0.15, 0.2) is 0 Å². The van der Waals surface area contributed by atoms with E-state index in [1.807, 2.05) is 0 Å². The number of rotatable bonds is 2. The van der Waals surface area contributed by atoms with Gasteiger partial charge in [0.05, 0.1) is 0 Å². The summed E-state index contributed by atoms with van der Waals surface area (Å²) in [5, 5.41) is 1.31. The molecule has 1 aromatic heterocycles. The molecule has 1 nitrogen and oxygen atoms in total. The highest BCUT2D eigenvalue weighted by molar-refractivity contribution is 9.10. The second-order valence-electron chi connectivity index (χ2n) is 3.21. The Hall–Kier alpha value is -0.760. The predicted octanol–water partition coefficient (Wildman–Crippen LogP) is 3.81. The molecule has 0 saturated carbocycles. The van der Waals surface area contributed by atoms with Crippen molar-refractivity contribution in [2.45, 2.75) is 19.9 Å². The second-order valence-corrected chi connectivity index (χ2v) is 4.13. The highest BCUT2D eigenvalue weighted by atomic mass is 79.9. The second kappa shape index (κ2) is 3.54. The summed E-state index contributed by atoms with van der Waals surface area (Å²) in [5.74, 6) is 0.